The van der Waals surface area contributed by atoms with Crippen LogP contribution in [-0.4, -0.2) is 24.1 Å². The Bertz CT molecular complexity index is 456. The molecule has 0 unspecified atom stereocenters. The molecular formula is C12H14F3N3O. The summed E-state index contributed by atoms with van der Waals surface area (Å²) in [7, 11) is 0. The van der Waals surface area contributed by atoms with E-state index >= 15 is 0 Å². The minimum atomic E-state index is -4.41. The largest absolute Gasteiger partial charge is 0.416 e. The van der Waals surface area contributed by atoms with Crippen LogP contribution in [0.25, 0.3) is 0 Å². The second kappa shape index (κ2) is 5.48. The van der Waals surface area contributed by atoms with Crippen molar-refractivity contribution in [1.29, 1.82) is 0 Å². The molecule has 4 nitrogen and oxygen atoms in total. The van der Waals surface area contributed by atoms with Gasteiger partial charge in [-0.25, -0.2) is 10.2 Å². The topological polar surface area (TPSA) is 44.4 Å². The van der Waals surface area contributed by atoms with E-state index in [4.69, 9.17) is 0 Å². The van der Waals surface area contributed by atoms with Crippen molar-refractivity contribution >= 4 is 11.7 Å². The first-order valence-electron chi connectivity index (χ1n) is 5.96. The third-order valence-corrected chi connectivity index (χ3v) is 2.80. The highest BCUT2D eigenvalue weighted by Crippen LogP contribution is 2.30. The SMILES string of the molecule is O=C(Nc1cccc(C(F)(F)F)c1)N1CCCCN1. The number of amides is 2. The average Bonchev–Trinajstić information content (AvgIpc) is 2.39. The molecule has 0 aromatic heterocycles. The zero-order chi connectivity index (χ0) is 13.9. The van der Waals surface area contributed by atoms with Crippen LogP contribution in [-0.2, 0) is 6.18 Å². The number of nitrogens with zero attached hydrogens (tertiary/aromatic N) is 1. The van der Waals surface area contributed by atoms with Gasteiger partial charge in [-0.2, -0.15) is 13.2 Å². The molecule has 19 heavy (non-hydrogen) atoms. The summed E-state index contributed by atoms with van der Waals surface area (Å²) in [5, 5.41) is 3.83. The lowest BCUT2D eigenvalue weighted by molar-refractivity contribution is -0.137. The highest BCUT2D eigenvalue weighted by molar-refractivity contribution is 5.89. The van der Waals surface area contributed by atoms with E-state index in [9.17, 15) is 18.0 Å². The molecule has 0 bridgehead atoms. The van der Waals surface area contributed by atoms with E-state index < -0.39 is 17.8 Å². The second-order valence-corrected chi connectivity index (χ2v) is 4.28. The Morgan fingerprint density at radius 3 is 2.74 bits per heavy atom. The standard InChI is InChI=1S/C12H14F3N3O/c13-12(14,15)9-4-3-5-10(8-9)17-11(19)18-7-2-1-6-16-18/h3-5,8,16H,1-2,6-7H2,(H,17,19). The first-order valence-corrected chi connectivity index (χ1v) is 5.96. The third kappa shape index (κ3) is 3.60. The molecule has 1 aliphatic heterocycles. The fourth-order valence-electron chi connectivity index (χ4n) is 1.83. The minimum absolute atomic E-state index is 0.132. The molecule has 1 aromatic rings. The van der Waals surface area contributed by atoms with Gasteiger partial charge in [0, 0.05) is 18.8 Å². The zero-order valence-corrected chi connectivity index (χ0v) is 10.1. The van der Waals surface area contributed by atoms with Gasteiger partial charge >= 0.3 is 12.2 Å². The average molecular weight is 273 g/mol. The number of hydrogen-bond donors (Lipinski definition) is 2. The first-order chi connectivity index (χ1) is 8.97. The van der Waals surface area contributed by atoms with Crippen molar-refractivity contribution < 1.29 is 18.0 Å². The van der Waals surface area contributed by atoms with Crippen molar-refractivity contribution in [3.63, 3.8) is 0 Å². The number of urea groups is 1. The number of anilines is 1. The van der Waals surface area contributed by atoms with Gasteiger partial charge in [0.25, 0.3) is 0 Å². The number of benzene rings is 1. The number of hydrogen-bond acceptors (Lipinski definition) is 2. The van der Waals surface area contributed by atoms with Gasteiger partial charge in [0.05, 0.1) is 5.56 Å². The molecule has 1 heterocycles. The van der Waals surface area contributed by atoms with E-state index in [2.05, 4.69) is 10.7 Å². The molecule has 1 saturated heterocycles. The summed E-state index contributed by atoms with van der Waals surface area (Å²) in [6.07, 6.45) is -2.56. The second-order valence-electron chi connectivity index (χ2n) is 4.28. The van der Waals surface area contributed by atoms with Crippen LogP contribution in [0, 0.1) is 0 Å². The fraction of sp³-hybridized carbons (Fsp3) is 0.417. The number of alkyl halides is 3. The van der Waals surface area contributed by atoms with Gasteiger partial charge in [-0.05, 0) is 31.0 Å². The molecule has 0 atom stereocenters. The van der Waals surface area contributed by atoms with Crippen molar-refractivity contribution in [3.8, 4) is 0 Å². The normalized spacial score (nSPS) is 16.3. The van der Waals surface area contributed by atoms with Gasteiger partial charge in [-0.1, -0.05) is 6.07 Å². The summed E-state index contributed by atoms with van der Waals surface area (Å²) < 4.78 is 37.6. The van der Waals surface area contributed by atoms with E-state index in [0.717, 1.165) is 25.0 Å². The summed E-state index contributed by atoms with van der Waals surface area (Å²) in [6.45, 7) is 1.24. The number of carbonyl (C=O) groups is 1. The van der Waals surface area contributed by atoms with E-state index in [-0.39, 0.29) is 5.69 Å². The van der Waals surface area contributed by atoms with Crippen LogP contribution in [0.2, 0.25) is 0 Å². The van der Waals surface area contributed by atoms with Gasteiger partial charge in [-0.3, -0.25) is 5.01 Å². The maximum absolute atomic E-state index is 12.5. The molecule has 0 saturated carbocycles. The number of carbonyl (C=O) groups excluding carboxylic acids is 1. The monoisotopic (exact) mass is 273 g/mol. The molecule has 7 heteroatoms. The highest BCUT2D eigenvalue weighted by Gasteiger charge is 2.30. The molecule has 1 fully saturated rings. The Hall–Kier alpha value is -1.76. The lowest BCUT2D eigenvalue weighted by atomic mass is 10.2. The predicted octanol–water partition coefficient (Wildman–Crippen LogP) is 2.84. The molecule has 2 amide bonds. The van der Waals surface area contributed by atoms with E-state index in [1.165, 1.54) is 17.1 Å². The van der Waals surface area contributed by atoms with Crippen molar-refractivity contribution in [2.45, 2.75) is 19.0 Å². The van der Waals surface area contributed by atoms with Crippen LogP contribution in [0.5, 0.6) is 0 Å². The fourth-order valence-corrected chi connectivity index (χ4v) is 1.83. The number of rotatable bonds is 1. The molecule has 0 aliphatic carbocycles. The van der Waals surface area contributed by atoms with E-state index in [0.29, 0.717) is 13.1 Å². The maximum atomic E-state index is 12.5. The Kier molecular flexibility index (Phi) is 3.94. The molecule has 2 N–H and O–H groups in total. The molecular weight excluding hydrogens is 259 g/mol. The summed E-state index contributed by atoms with van der Waals surface area (Å²) in [6, 6.07) is 4.13. The first kappa shape index (κ1) is 13.7. The van der Waals surface area contributed by atoms with Gasteiger partial charge in [0.15, 0.2) is 0 Å². The molecule has 104 valence electrons. The van der Waals surface area contributed by atoms with Crippen molar-refractivity contribution in [3.05, 3.63) is 29.8 Å². The van der Waals surface area contributed by atoms with Gasteiger partial charge in [-0.15, -0.1) is 0 Å². The van der Waals surface area contributed by atoms with Crippen molar-refractivity contribution in [1.82, 2.24) is 10.4 Å². The van der Waals surface area contributed by atoms with Crippen LogP contribution >= 0.6 is 0 Å². The van der Waals surface area contributed by atoms with Crippen molar-refractivity contribution in [2.24, 2.45) is 0 Å². The molecule has 0 spiro atoms. The van der Waals surface area contributed by atoms with Gasteiger partial charge in [0.2, 0.25) is 0 Å². The minimum Gasteiger partial charge on any atom is -0.307 e. The van der Waals surface area contributed by atoms with Gasteiger partial charge < -0.3 is 5.32 Å². The van der Waals surface area contributed by atoms with E-state index in [1.807, 2.05) is 0 Å². The van der Waals surface area contributed by atoms with Crippen LogP contribution < -0.4 is 10.7 Å². The molecule has 1 aliphatic rings. The number of hydrazine groups is 1. The molecule has 1 aromatic carbocycles. The number of nitrogens with one attached hydrogen (secondary N) is 2. The predicted molar refractivity (Wildman–Crippen MR) is 64.4 cm³/mol. The molecule has 2 rings (SSSR count). The van der Waals surface area contributed by atoms with Crippen LogP contribution in [0.3, 0.4) is 0 Å². The summed E-state index contributed by atoms with van der Waals surface area (Å²) in [4.78, 5) is 11.8. The molecule has 0 radical (unpaired) electrons. The summed E-state index contributed by atoms with van der Waals surface area (Å²) >= 11 is 0. The van der Waals surface area contributed by atoms with E-state index in [1.54, 1.807) is 0 Å². The lowest BCUT2D eigenvalue weighted by Gasteiger charge is -2.27. The summed E-state index contributed by atoms with van der Waals surface area (Å²) in [5.74, 6) is 0. The third-order valence-electron chi connectivity index (χ3n) is 2.80. The van der Waals surface area contributed by atoms with Crippen LogP contribution in [0.1, 0.15) is 18.4 Å². The Labute approximate surface area is 108 Å². The van der Waals surface area contributed by atoms with Gasteiger partial charge in [0.1, 0.15) is 0 Å². The highest BCUT2D eigenvalue weighted by atomic mass is 19.4. The lowest BCUT2D eigenvalue weighted by Crippen LogP contribution is -2.48. The zero-order valence-electron chi connectivity index (χ0n) is 10.1. The van der Waals surface area contributed by atoms with Crippen LogP contribution in [0.4, 0.5) is 23.7 Å². The summed E-state index contributed by atoms with van der Waals surface area (Å²) in [5.41, 5.74) is 2.23. The van der Waals surface area contributed by atoms with Crippen LogP contribution in [0.15, 0.2) is 24.3 Å². The Morgan fingerprint density at radius 1 is 1.32 bits per heavy atom. The Balaban J connectivity index is 2.04. The maximum Gasteiger partial charge on any atom is 0.416 e. The quantitative estimate of drug-likeness (QED) is 0.826. The van der Waals surface area contributed by atoms with Crippen molar-refractivity contribution in [2.75, 3.05) is 18.4 Å². The Morgan fingerprint density at radius 2 is 2.11 bits per heavy atom. The number of halogens is 3. The smallest absolute Gasteiger partial charge is 0.307 e.